The number of anilines is 1. The SMILES string of the molecule is CC(=O)NCC1(C)COC(c2nc(-c3ccc(F)cc3)c(-c3ccnc(NCc4cccnc4)n3)[nH]2)OC1. The lowest BCUT2D eigenvalue weighted by Gasteiger charge is -2.36. The van der Waals surface area contributed by atoms with Gasteiger partial charge in [-0.15, -0.1) is 0 Å². The number of imidazole rings is 1. The van der Waals surface area contributed by atoms with Gasteiger partial charge in [0.25, 0.3) is 0 Å². The molecule has 1 aromatic carbocycles. The fourth-order valence-electron chi connectivity index (χ4n) is 4.01. The number of carbonyl (C=O) groups is 1. The van der Waals surface area contributed by atoms with E-state index in [2.05, 4.69) is 30.6 Å². The van der Waals surface area contributed by atoms with Gasteiger partial charge in [-0.1, -0.05) is 13.0 Å². The molecule has 0 spiro atoms. The molecule has 1 fully saturated rings. The van der Waals surface area contributed by atoms with E-state index >= 15 is 0 Å². The highest BCUT2D eigenvalue weighted by molar-refractivity contribution is 5.77. The van der Waals surface area contributed by atoms with Gasteiger partial charge in [-0.25, -0.2) is 19.3 Å². The van der Waals surface area contributed by atoms with E-state index in [0.29, 0.717) is 60.7 Å². The Hall–Kier alpha value is -4.22. The summed E-state index contributed by atoms with van der Waals surface area (Å²) in [5, 5.41) is 6.03. The van der Waals surface area contributed by atoms with Crippen LogP contribution in [0.3, 0.4) is 0 Å². The molecule has 10 nitrogen and oxygen atoms in total. The molecular formula is C27H28FN7O3. The van der Waals surface area contributed by atoms with Crippen LogP contribution in [-0.2, 0) is 20.8 Å². The highest BCUT2D eigenvalue weighted by Crippen LogP contribution is 2.35. The van der Waals surface area contributed by atoms with Crippen LogP contribution in [0.2, 0.25) is 0 Å². The first-order valence-corrected chi connectivity index (χ1v) is 12.2. The molecule has 4 heterocycles. The number of aromatic nitrogens is 5. The summed E-state index contributed by atoms with van der Waals surface area (Å²) in [5.41, 5.74) is 3.14. The van der Waals surface area contributed by atoms with Gasteiger partial charge in [0.2, 0.25) is 18.1 Å². The van der Waals surface area contributed by atoms with Gasteiger partial charge in [0, 0.05) is 49.6 Å². The Morgan fingerprint density at radius 3 is 2.63 bits per heavy atom. The summed E-state index contributed by atoms with van der Waals surface area (Å²) in [5.74, 6) is 0.454. The second-order valence-corrected chi connectivity index (χ2v) is 9.51. The Balaban J connectivity index is 1.41. The molecule has 0 atom stereocenters. The second-order valence-electron chi connectivity index (χ2n) is 9.51. The predicted octanol–water partition coefficient (Wildman–Crippen LogP) is 3.87. The summed E-state index contributed by atoms with van der Waals surface area (Å²) in [6.45, 7) is 5.15. The zero-order valence-corrected chi connectivity index (χ0v) is 21.1. The van der Waals surface area contributed by atoms with Crippen molar-refractivity contribution in [1.82, 2.24) is 30.2 Å². The number of nitrogens with zero attached hydrogens (tertiary/aromatic N) is 4. The maximum atomic E-state index is 13.7. The van der Waals surface area contributed by atoms with Crippen molar-refractivity contribution in [2.75, 3.05) is 25.1 Å². The van der Waals surface area contributed by atoms with Crippen LogP contribution in [0.4, 0.5) is 10.3 Å². The van der Waals surface area contributed by atoms with Crippen molar-refractivity contribution < 1.29 is 18.7 Å². The van der Waals surface area contributed by atoms with E-state index in [9.17, 15) is 9.18 Å². The highest BCUT2D eigenvalue weighted by Gasteiger charge is 2.35. The molecule has 0 aliphatic carbocycles. The molecule has 1 saturated heterocycles. The van der Waals surface area contributed by atoms with Crippen LogP contribution in [0.1, 0.15) is 31.5 Å². The van der Waals surface area contributed by atoms with Crippen LogP contribution in [0, 0.1) is 11.2 Å². The first-order valence-electron chi connectivity index (χ1n) is 12.2. The summed E-state index contributed by atoms with van der Waals surface area (Å²) in [6, 6.07) is 11.7. The highest BCUT2D eigenvalue weighted by atomic mass is 19.1. The van der Waals surface area contributed by atoms with Crippen LogP contribution in [0.15, 0.2) is 61.1 Å². The molecule has 5 rings (SSSR count). The van der Waals surface area contributed by atoms with E-state index in [0.717, 1.165) is 5.56 Å². The Morgan fingerprint density at radius 1 is 1.13 bits per heavy atom. The molecule has 1 aliphatic rings. The maximum absolute atomic E-state index is 13.7. The summed E-state index contributed by atoms with van der Waals surface area (Å²) >= 11 is 0. The Labute approximate surface area is 219 Å². The molecule has 4 aromatic rings. The normalized spacial score (nSPS) is 19.2. The minimum Gasteiger partial charge on any atom is -0.356 e. The van der Waals surface area contributed by atoms with Gasteiger partial charge in [-0.05, 0) is 42.0 Å². The van der Waals surface area contributed by atoms with E-state index in [1.165, 1.54) is 19.1 Å². The van der Waals surface area contributed by atoms with Crippen molar-refractivity contribution in [2.45, 2.75) is 26.7 Å². The van der Waals surface area contributed by atoms with Gasteiger partial charge in [-0.2, -0.15) is 0 Å². The average Bonchev–Trinajstić information content (AvgIpc) is 3.38. The monoisotopic (exact) mass is 517 g/mol. The summed E-state index contributed by atoms with van der Waals surface area (Å²) in [6.07, 6.45) is 4.41. The van der Waals surface area contributed by atoms with E-state index in [-0.39, 0.29) is 17.1 Å². The summed E-state index contributed by atoms with van der Waals surface area (Å²) in [4.78, 5) is 32.5. The Morgan fingerprint density at radius 2 is 1.92 bits per heavy atom. The van der Waals surface area contributed by atoms with Gasteiger partial charge in [0.1, 0.15) is 5.82 Å². The third kappa shape index (κ3) is 6.01. The minimum absolute atomic E-state index is 0.105. The topological polar surface area (TPSA) is 127 Å². The Bertz CT molecular complexity index is 1390. The number of hydrogen-bond donors (Lipinski definition) is 3. The molecule has 0 saturated carbocycles. The third-order valence-electron chi connectivity index (χ3n) is 6.08. The zero-order chi connectivity index (χ0) is 26.5. The van der Waals surface area contributed by atoms with Crippen LogP contribution in [0.25, 0.3) is 22.6 Å². The molecular weight excluding hydrogens is 489 g/mol. The number of ether oxygens (including phenoxy) is 2. The fraction of sp³-hybridized carbons (Fsp3) is 0.296. The summed E-state index contributed by atoms with van der Waals surface area (Å²) < 4.78 is 25.7. The lowest BCUT2D eigenvalue weighted by atomic mass is 9.92. The van der Waals surface area contributed by atoms with Crippen molar-refractivity contribution in [2.24, 2.45) is 5.41 Å². The van der Waals surface area contributed by atoms with E-state index in [1.54, 1.807) is 36.8 Å². The minimum atomic E-state index is -0.738. The van der Waals surface area contributed by atoms with Gasteiger partial charge in [0.05, 0.1) is 30.3 Å². The largest absolute Gasteiger partial charge is 0.356 e. The predicted molar refractivity (Wildman–Crippen MR) is 138 cm³/mol. The molecule has 11 heteroatoms. The molecule has 1 aliphatic heterocycles. The van der Waals surface area contributed by atoms with Crippen LogP contribution in [-0.4, -0.2) is 50.6 Å². The smallest absolute Gasteiger partial charge is 0.223 e. The number of pyridine rings is 1. The lowest BCUT2D eigenvalue weighted by molar-refractivity contribution is -0.232. The number of H-pyrrole nitrogens is 1. The van der Waals surface area contributed by atoms with Crippen molar-refractivity contribution in [3.63, 3.8) is 0 Å². The number of aromatic amines is 1. The number of rotatable bonds is 8. The van der Waals surface area contributed by atoms with Gasteiger partial charge >= 0.3 is 0 Å². The zero-order valence-electron chi connectivity index (χ0n) is 21.1. The van der Waals surface area contributed by atoms with Gasteiger partial charge in [0.15, 0.2) is 5.82 Å². The molecule has 38 heavy (non-hydrogen) atoms. The molecule has 0 radical (unpaired) electrons. The number of carbonyl (C=O) groups excluding carboxylic acids is 1. The number of amides is 1. The van der Waals surface area contributed by atoms with E-state index in [1.807, 2.05) is 19.1 Å². The summed E-state index contributed by atoms with van der Waals surface area (Å²) in [7, 11) is 0. The van der Waals surface area contributed by atoms with Crippen molar-refractivity contribution in [3.8, 4) is 22.6 Å². The third-order valence-corrected chi connectivity index (χ3v) is 6.08. The average molecular weight is 518 g/mol. The maximum Gasteiger partial charge on any atom is 0.223 e. The standard InChI is InChI=1S/C27H28FN7O3/c1-17(36)32-14-27(2)15-37-25(38-16-27)24-34-22(19-5-7-20(28)8-6-19)23(35-24)21-9-11-30-26(33-21)31-13-18-4-3-10-29-12-18/h3-12,25H,13-16H2,1-2H3,(H,32,36)(H,34,35)(H,30,31,33). The quantitative estimate of drug-likeness (QED) is 0.322. The first-order chi connectivity index (χ1) is 18.4. The molecule has 3 aromatic heterocycles. The van der Waals surface area contributed by atoms with Gasteiger partial charge in [-0.3, -0.25) is 9.78 Å². The van der Waals surface area contributed by atoms with Crippen LogP contribution in [0.5, 0.6) is 0 Å². The lowest BCUT2D eigenvalue weighted by Crippen LogP contribution is -2.45. The Kier molecular flexibility index (Phi) is 7.38. The second kappa shape index (κ2) is 11.0. The van der Waals surface area contributed by atoms with Crippen molar-refractivity contribution in [1.29, 1.82) is 0 Å². The van der Waals surface area contributed by atoms with Crippen LogP contribution < -0.4 is 10.6 Å². The number of halogens is 1. The van der Waals surface area contributed by atoms with Gasteiger partial charge < -0.3 is 25.1 Å². The number of nitrogens with one attached hydrogen (secondary N) is 3. The molecule has 1 amide bonds. The fourth-order valence-corrected chi connectivity index (χ4v) is 4.01. The first kappa shape index (κ1) is 25.4. The number of hydrogen-bond acceptors (Lipinski definition) is 8. The molecule has 0 unspecified atom stereocenters. The van der Waals surface area contributed by atoms with E-state index in [4.69, 9.17) is 14.5 Å². The molecule has 196 valence electrons. The number of benzene rings is 1. The van der Waals surface area contributed by atoms with Crippen molar-refractivity contribution in [3.05, 3.63) is 78.3 Å². The molecule has 3 N–H and O–H groups in total. The van der Waals surface area contributed by atoms with E-state index < -0.39 is 6.29 Å². The molecule has 0 bridgehead atoms. The van der Waals surface area contributed by atoms with Crippen LogP contribution >= 0.6 is 0 Å². The van der Waals surface area contributed by atoms with Crippen molar-refractivity contribution >= 4 is 11.9 Å².